The molecule has 1 saturated heterocycles. The number of hydrogen-bond acceptors (Lipinski definition) is 6. The summed E-state index contributed by atoms with van der Waals surface area (Å²) in [5.41, 5.74) is 1.43. The van der Waals surface area contributed by atoms with Crippen LogP contribution in [0, 0.1) is 11.8 Å². The van der Waals surface area contributed by atoms with E-state index >= 15 is 0 Å². The number of amides is 1. The summed E-state index contributed by atoms with van der Waals surface area (Å²) in [5.74, 6) is 6.42. The minimum absolute atomic E-state index is 0.0544. The van der Waals surface area contributed by atoms with E-state index < -0.39 is 10.0 Å². The number of rotatable bonds is 6. The second-order valence-corrected chi connectivity index (χ2v) is 7.72. The molecule has 0 saturated carbocycles. The van der Waals surface area contributed by atoms with Crippen LogP contribution in [0.5, 0.6) is 11.5 Å². The van der Waals surface area contributed by atoms with E-state index in [4.69, 9.17) is 14.2 Å². The number of carbonyl (C=O) groups excluding carboxylic acids is 1. The Bertz CT molecular complexity index is 1050. The molecule has 0 aromatic heterocycles. The molecule has 9 heteroatoms. The zero-order valence-corrected chi connectivity index (χ0v) is 16.8. The third kappa shape index (κ3) is 4.80. The zero-order valence-electron chi connectivity index (χ0n) is 16.0. The van der Waals surface area contributed by atoms with Gasteiger partial charge in [0.1, 0.15) is 6.61 Å². The molecular formula is C20H20N2O6S. The average molecular weight is 416 g/mol. The summed E-state index contributed by atoms with van der Waals surface area (Å²) in [7, 11) is -0.831. The summed E-state index contributed by atoms with van der Waals surface area (Å²) in [6, 6.07) is 11.4. The van der Waals surface area contributed by atoms with Gasteiger partial charge in [0.05, 0.1) is 32.2 Å². The standard InChI is InChI=1S/C20H20N2O6S/c1-26-18-10-9-17(14-19(18)27-2)29(24,25)21-11-3-4-15-5-7-16(8-6-15)22-12-13-28-20(22)23/h5-10,14,21H,11-13H2,1-2H3. The number of ether oxygens (including phenoxy) is 3. The molecule has 1 aliphatic heterocycles. The first-order chi connectivity index (χ1) is 13.9. The number of sulfonamides is 1. The lowest BCUT2D eigenvalue weighted by Crippen LogP contribution is -2.24. The number of carbonyl (C=O) groups is 1. The molecule has 1 heterocycles. The second kappa shape index (κ2) is 8.86. The van der Waals surface area contributed by atoms with Gasteiger partial charge in [-0.15, -0.1) is 0 Å². The molecule has 1 N–H and O–H groups in total. The molecule has 152 valence electrons. The average Bonchev–Trinajstić information content (AvgIpc) is 3.17. The molecule has 0 bridgehead atoms. The number of methoxy groups -OCH3 is 2. The van der Waals surface area contributed by atoms with Gasteiger partial charge in [-0.1, -0.05) is 11.8 Å². The van der Waals surface area contributed by atoms with Crippen LogP contribution in [0.2, 0.25) is 0 Å². The molecule has 3 rings (SSSR count). The van der Waals surface area contributed by atoms with E-state index in [-0.39, 0.29) is 17.5 Å². The molecule has 2 aromatic rings. The number of benzene rings is 2. The molecule has 0 radical (unpaired) electrons. The summed E-state index contributed by atoms with van der Waals surface area (Å²) in [5, 5.41) is 0. The first kappa shape index (κ1) is 20.5. The maximum Gasteiger partial charge on any atom is 0.414 e. The van der Waals surface area contributed by atoms with Crippen LogP contribution in [0.3, 0.4) is 0 Å². The highest BCUT2D eigenvalue weighted by atomic mass is 32.2. The Hall–Kier alpha value is -3.22. The second-order valence-electron chi connectivity index (χ2n) is 5.96. The Morgan fingerprint density at radius 1 is 1.10 bits per heavy atom. The lowest BCUT2D eigenvalue weighted by atomic mass is 10.2. The SMILES string of the molecule is COc1ccc(S(=O)(=O)NCC#Cc2ccc(N3CCOC3=O)cc2)cc1OC. The van der Waals surface area contributed by atoms with Gasteiger partial charge in [0, 0.05) is 17.3 Å². The van der Waals surface area contributed by atoms with Crippen LogP contribution in [-0.4, -0.2) is 48.4 Å². The van der Waals surface area contributed by atoms with Crippen LogP contribution in [0.25, 0.3) is 0 Å². The highest BCUT2D eigenvalue weighted by molar-refractivity contribution is 7.89. The maximum atomic E-state index is 12.4. The smallest absolute Gasteiger partial charge is 0.414 e. The Morgan fingerprint density at radius 3 is 2.45 bits per heavy atom. The van der Waals surface area contributed by atoms with E-state index in [9.17, 15) is 13.2 Å². The summed E-state index contributed by atoms with van der Waals surface area (Å²) < 4.78 is 42.4. The minimum Gasteiger partial charge on any atom is -0.493 e. The third-order valence-electron chi connectivity index (χ3n) is 4.19. The topological polar surface area (TPSA) is 94.2 Å². The van der Waals surface area contributed by atoms with Crippen molar-refractivity contribution in [2.45, 2.75) is 4.90 Å². The van der Waals surface area contributed by atoms with E-state index in [2.05, 4.69) is 16.6 Å². The van der Waals surface area contributed by atoms with Gasteiger partial charge in [-0.05, 0) is 36.4 Å². The van der Waals surface area contributed by atoms with Crippen LogP contribution in [0.15, 0.2) is 47.4 Å². The lowest BCUT2D eigenvalue weighted by Gasteiger charge is -2.12. The molecule has 0 atom stereocenters. The molecule has 0 spiro atoms. The van der Waals surface area contributed by atoms with Gasteiger partial charge in [-0.2, -0.15) is 4.72 Å². The van der Waals surface area contributed by atoms with Crippen LogP contribution in [-0.2, 0) is 14.8 Å². The fourth-order valence-corrected chi connectivity index (χ4v) is 3.64. The Balaban J connectivity index is 1.62. The molecule has 8 nitrogen and oxygen atoms in total. The molecule has 1 amide bonds. The van der Waals surface area contributed by atoms with Crippen molar-refractivity contribution in [1.29, 1.82) is 0 Å². The fourth-order valence-electron chi connectivity index (χ4n) is 2.70. The maximum absolute atomic E-state index is 12.4. The molecule has 0 unspecified atom stereocenters. The number of cyclic esters (lactones) is 1. The third-order valence-corrected chi connectivity index (χ3v) is 5.59. The van der Waals surface area contributed by atoms with Crippen molar-refractivity contribution in [3.05, 3.63) is 48.0 Å². The van der Waals surface area contributed by atoms with Gasteiger partial charge in [0.25, 0.3) is 0 Å². The normalized spacial score (nSPS) is 13.4. The Kier molecular flexibility index (Phi) is 6.26. The Labute approximate surface area is 169 Å². The minimum atomic E-state index is -3.74. The van der Waals surface area contributed by atoms with E-state index in [1.54, 1.807) is 24.3 Å². The molecule has 2 aromatic carbocycles. The van der Waals surface area contributed by atoms with Crippen molar-refractivity contribution >= 4 is 21.8 Å². The fraction of sp³-hybridized carbons (Fsp3) is 0.250. The molecule has 1 aliphatic rings. The predicted molar refractivity (Wildman–Crippen MR) is 107 cm³/mol. The summed E-state index contributed by atoms with van der Waals surface area (Å²) in [6.07, 6.45) is -0.367. The molecule has 29 heavy (non-hydrogen) atoms. The van der Waals surface area contributed by atoms with Gasteiger partial charge in [-0.25, -0.2) is 13.2 Å². The number of nitrogens with one attached hydrogen (secondary N) is 1. The van der Waals surface area contributed by atoms with E-state index in [0.717, 1.165) is 5.69 Å². The number of nitrogens with zero attached hydrogens (tertiary/aromatic N) is 1. The van der Waals surface area contributed by atoms with Gasteiger partial charge < -0.3 is 14.2 Å². The van der Waals surface area contributed by atoms with Crippen LogP contribution >= 0.6 is 0 Å². The van der Waals surface area contributed by atoms with E-state index in [1.807, 2.05) is 0 Å². The van der Waals surface area contributed by atoms with Crippen molar-refractivity contribution in [2.75, 3.05) is 38.8 Å². The quantitative estimate of drug-likeness (QED) is 0.724. The van der Waals surface area contributed by atoms with Crippen molar-refractivity contribution in [3.63, 3.8) is 0 Å². The molecule has 0 aliphatic carbocycles. The van der Waals surface area contributed by atoms with Crippen molar-refractivity contribution < 1.29 is 27.4 Å². The van der Waals surface area contributed by atoms with Gasteiger partial charge in [0.15, 0.2) is 11.5 Å². The van der Waals surface area contributed by atoms with Gasteiger partial charge in [-0.3, -0.25) is 4.90 Å². The first-order valence-electron chi connectivity index (χ1n) is 8.69. The predicted octanol–water partition coefficient (Wildman–Crippen LogP) is 1.99. The van der Waals surface area contributed by atoms with Crippen molar-refractivity contribution in [2.24, 2.45) is 0 Å². The first-order valence-corrected chi connectivity index (χ1v) is 10.2. The zero-order chi connectivity index (χ0) is 20.9. The highest BCUT2D eigenvalue weighted by Crippen LogP contribution is 2.29. The van der Waals surface area contributed by atoms with Crippen LogP contribution in [0.1, 0.15) is 5.56 Å². The molecular weight excluding hydrogens is 396 g/mol. The van der Waals surface area contributed by atoms with Crippen LogP contribution < -0.4 is 19.1 Å². The largest absolute Gasteiger partial charge is 0.493 e. The van der Waals surface area contributed by atoms with Gasteiger partial charge in [0.2, 0.25) is 10.0 Å². The van der Waals surface area contributed by atoms with Crippen molar-refractivity contribution in [3.8, 4) is 23.3 Å². The lowest BCUT2D eigenvalue weighted by molar-refractivity contribution is 0.181. The van der Waals surface area contributed by atoms with Crippen LogP contribution in [0.4, 0.5) is 10.5 Å². The monoisotopic (exact) mass is 416 g/mol. The number of hydrogen-bond donors (Lipinski definition) is 1. The molecule has 1 fully saturated rings. The highest BCUT2D eigenvalue weighted by Gasteiger charge is 2.23. The number of anilines is 1. The van der Waals surface area contributed by atoms with Gasteiger partial charge >= 0.3 is 6.09 Å². The summed E-state index contributed by atoms with van der Waals surface area (Å²) in [6.45, 7) is 0.833. The summed E-state index contributed by atoms with van der Waals surface area (Å²) >= 11 is 0. The van der Waals surface area contributed by atoms with E-state index in [1.165, 1.54) is 37.3 Å². The van der Waals surface area contributed by atoms with E-state index in [0.29, 0.717) is 30.2 Å². The van der Waals surface area contributed by atoms with Crippen molar-refractivity contribution in [1.82, 2.24) is 4.72 Å². The summed E-state index contributed by atoms with van der Waals surface area (Å²) in [4.78, 5) is 13.1. The Morgan fingerprint density at radius 2 is 1.83 bits per heavy atom.